The van der Waals surface area contributed by atoms with Gasteiger partial charge in [0.15, 0.2) is 0 Å². The Bertz CT molecular complexity index is 703. The van der Waals surface area contributed by atoms with Crippen LogP contribution in [0.4, 0.5) is 4.79 Å². The molecule has 3 atom stereocenters. The summed E-state index contributed by atoms with van der Waals surface area (Å²) >= 11 is 0. The fourth-order valence-electron chi connectivity index (χ4n) is 4.29. The number of likely N-dealkylation sites (tertiary alicyclic amines) is 1. The van der Waals surface area contributed by atoms with Gasteiger partial charge in [0.25, 0.3) is 5.91 Å². The van der Waals surface area contributed by atoms with Crippen LogP contribution in [0.5, 0.6) is 0 Å². The second-order valence-electron chi connectivity index (χ2n) is 9.93. The van der Waals surface area contributed by atoms with Gasteiger partial charge in [0.05, 0.1) is 6.04 Å². The Morgan fingerprint density at radius 1 is 1.07 bits per heavy atom. The van der Waals surface area contributed by atoms with Crippen molar-refractivity contribution >= 4 is 18.0 Å². The predicted octanol–water partition coefficient (Wildman–Crippen LogP) is 3.03. The molecule has 0 aliphatic carbocycles. The molecule has 0 aromatic rings. The number of ether oxygens (including phenoxy) is 2. The molecule has 2 saturated heterocycles. The maximum atomic E-state index is 13.6. The number of amides is 2. The molecule has 7 nitrogen and oxygen atoms in total. The van der Waals surface area contributed by atoms with Crippen molar-refractivity contribution in [3.8, 4) is 0 Å². The van der Waals surface area contributed by atoms with E-state index >= 15 is 0 Å². The zero-order chi connectivity index (χ0) is 20.9. The van der Waals surface area contributed by atoms with Crippen molar-refractivity contribution in [1.82, 2.24) is 9.80 Å². The fourth-order valence-corrected chi connectivity index (χ4v) is 4.29. The monoisotopic (exact) mass is 392 g/mol. The van der Waals surface area contributed by atoms with Gasteiger partial charge in [-0.3, -0.25) is 9.69 Å². The molecule has 3 aliphatic rings. The minimum Gasteiger partial charge on any atom is -0.458 e. The van der Waals surface area contributed by atoms with Crippen LogP contribution in [0.15, 0.2) is 12.2 Å². The molecule has 0 bridgehead atoms. The lowest BCUT2D eigenvalue weighted by atomic mass is 9.89. The van der Waals surface area contributed by atoms with Crippen LogP contribution >= 0.6 is 0 Å². The number of fused-ring (bicyclic) bond motifs is 1. The number of carbonyl (C=O) groups is 3. The summed E-state index contributed by atoms with van der Waals surface area (Å²) in [5.41, 5.74) is -2.32. The lowest BCUT2D eigenvalue weighted by molar-refractivity contribution is -0.165. The van der Waals surface area contributed by atoms with E-state index in [1.165, 1.54) is 4.90 Å². The van der Waals surface area contributed by atoms with Crippen LogP contribution in [0.2, 0.25) is 0 Å². The molecule has 0 N–H and O–H groups in total. The molecule has 0 aromatic carbocycles. The maximum absolute atomic E-state index is 13.6. The minimum absolute atomic E-state index is 0.128. The van der Waals surface area contributed by atoms with E-state index in [0.717, 1.165) is 0 Å². The lowest BCUT2D eigenvalue weighted by Gasteiger charge is -2.43. The fraction of sp³-hybridized carbons (Fsp3) is 0.762. The van der Waals surface area contributed by atoms with Crippen molar-refractivity contribution < 1.29 is 23.9 Å². The van der Waals surface area contributed by atoms with Gasteiger partial charge in [-0.15, -0.1) is 0 Å². The van der Waals surface area contributed by atoms with E-state index in [9.17, 15) is 14.4 Å². The highest BCUT2D eigenvalue weighted by Crippen LogP contribution is 2.41. The van der Waals surface area contributed by atoms with Gasteiger partial charge >= 0.3 is 12.1 Å². The summed E-state index contributed by atoms with van der Waals surface area (Å²) in [5.74, 6) is -0.577. The average molecular weight is 392 g/mol. The second kappa shape index (κ2) is 6.78. The summed E-state index contributed by atoms with van der Waals surface area (Å²) < 4.78 is 11.1. The van der Waals surface area contributed by atoms with Crippen LogP contribution in [0.25, 0.3) is 0 Å². The summed E-state index contributed by atoms with van der Waals surface area (Å²) in [6.07, 6.45) is 5.86. The van der Waals surface area contributed by atoms with Gasteiger partial charge < -0.3 is 14.4 Å². The van der Waals surface area contributed by atoms with Gasteiger partial charge in [-0.05, 0) is 67.2 Å². The van der Waals surface area contributed by atoms with E-state index in [-0.39, 0.29) is 17.9 Å². The topological polar surface area (TPSA) is 76.1 Å². The van der Waals surface area contributed by atoms with Gasteiger partial charge in [0, 0.05) is 6.54 Å². The Kier molecular flexibility index (Phi) is 5.01. The number of hydrogen-bond donors (Lipinski definition) is 0. The molecule has 0 radical (unpaired) electrons. The molecule has 3 aliphatic heterocycles. The van der Waals surface area contributed by atoms with Crippen molar-refractivity contribution in [3.63, 3.8) is 0 Å². The second-order valence-corrected chi connectivity index (χ2v) is 9.93. The van der Waals surface area contributed by atoms with Crippen molar-refractivity contribution in [1.29, 1.82) is 0 Å². The first-order chi connectivity index (χ1) is 12.8. The third-order valence-electron chi connectivity index (χ3n) is 5.34. The summed E-state index contributed by atoms with van der Waals surface area (Å²) in [5, 5.41) is 0. The molecule has 1 spiro atoms. The standard InChI is InChI=1S/C21H32N2O5/c1-19(2,3)27-16(24)15-9-8-14-10-12-21(17(25)23(14)15)11-7-13-22(21)18(26)28-20(4,5)6/h10,12,14-15H,7-9,11,13H2,1-6H3/t14-,15+,21+/m1/s1. The summed E-state index contributed by atoms with van der Waals surface area (Å²) in [7, 11) is 0. The van der Waals surface area contributed by atoms with Gasteiger partial charge in [0.1, 0.15) is 22.8 Å². The quantitative estimate of drug-likeness (QED) is 0.506. The molecule has 2 amide bonds. The Morgan fingerprint density at radius 2 is 1.71 bits per heavy atom. The Hall–Kier alpha value is -2.05. The maximum Gasteiger partial charge on any atom is 0.411 e. The Morgan fingerprint density at radius 3 is 2.32 bits per heavy atom. The smallest absolute Gasteiger partial charge is 0.411 e. The first kappa shape index (κ1) is 20.7. The van der Waals surface area contributed by atoms with Gasteiger partial charge in [-0.1, -0.05) is 12.2 Å². The molecule has 7 heteroatoms. The molecule has 0 aromatic heterocycles. The molecule has 2 fully saturated rings. The number of carbonyl (C=O) groups excluding carboxylic acids is 3. The lowest BCUT2D eigenvalue weighted by Crippen LogP contribution is -2.63. The number of nitrogens with zero attached hydrogens (tertiary/aromatic N) is 2. The van der Waals surface area contributed by atoms with Crippen molar-refractivity contribution in [2.24, 2.45) is 0 Å². The third kappa shape index (κ3) is 3.76. The first-order valence-corrected chi connectivity index (χ1v) is 10.1. The van der Waals surface area contributed by atoms with Gasteiger partial charge in [0.2, 0.25) is 0 Å². The highest BCUT2D eigenvalue weighted by molar-refractivity contribution is 5.97. The van der Waals surface area contributed by atoms with Crippen molar-refractivity contribution in [2.45, 2.75) is 96.1 Å². The number of rotatable bonds is 1. The molecule has 0 saturated carbocycles. The third-order valence-corrected chi connectivity index (χ3v) is 5.34. The summed E-state index contributed by atoms with van der Waals surface area (Å²) in [4.78, 5) is 42.3. The normalized spacial score (nSPS) is 30.0. The van der Waals surface area contributed by atoms with Crippen molar-refractivity contribution in [2.75, 3.05) is 6.54 Å². The van der Waals surface area contributed by atoms with Crippen LogP contribution in [-0.2, 0) is 19.1 Å². The Balaban J connectivity index is 1.87. The van der Waals surface area contributed by atoms with E-state index in [2.05, 4.69) is 0 Å². The van der Waals surface area contributed by atoms with Gasteiger partial charge in [-0.25, -0.2) is 9.59 Å². The van der Waals surface area contributed by atoms with E-state index < -0.39 is 28.9 Å². The molecule has 156 valence electrons. The highest BCUT2D eigenvalue weighted by Gasteiger charge is 2.57. The summed E-state index contributed by atoms with van der Waals surface area (Å²) in [6.45, 7) is 11.3. The van der Waals surface area contributed by atoms with E-state index in [1.807, 2.05) is 32.9 Å². The van der Waals surface area contributed by atoms with Crippen LogP contribution in [-0.4, -0.2) is 63.1 Å². The molecule has 3 heterocycles. The number of esters is 1. The van der Waals surface area contributed by atoms with Crippen LogP contribution in [0, 0.1) is 0 Å². The SMILES string of the molecule is CC(C)(C)OC(=O)[C@@H]1CC[C@@H]2C=C[C@@]3(CCCN3C(=O)OC(C)(C)C)C(=O)N21. The van der Waals surface area contributed by atoms with Gasteiger partial charge in [-0.2, -0.15) is 0 Å². The largest absolute Gasteiger partial charge is 0.458 e. The van der Waals surface area contributed by atoms with Crippen LogP contribution < -0.4 is 0 Å². The number of hydrogen-bond acceptors (Lipinski definition) is 5. The minimum atomic E-state index is -1.07. The summed E-state index contributed by atoms with van der Waals surface area (Å²) in [6, 6.07) is -0.739. The molecule has 0 unspecified atom stereocenters. The molecule has 3 rings (SSSR count). The highest BCUT2D eigenvalue weighted by atomic mass is 16.6. The predicted molar refractivity (Wildman–Crippen MR) is 104 cm³/mol. The Labute approximate surface area is 167 Å². The van der Waals surface area contributed by atoms with Crippen LogP contribution in [0.1, 0.15) is 67.2 Å². The van der Waals surface area contributed by atoms with Crippen LogP contribution in [0.3, 0.4) is 0 Å². The average Bonchev–Trinajstić information content (AvgIpc) is 3.13. The molecule has 28 heavy (non-hydrogen) atoms. The van der Waals surface area contributed by atoms with E-state index in [1.54, 1.807) is 25.7 Å². The zero-order valence-electron chi connectivity index (χ0n) is 17.8. The zero-order valence-corrected chi connectivity index (χ0v) is 17.8. The van der Waals surface area contributed by atoms with E-state index in [0.29, 0.717) is 32.2 Å². The molecular weight excluding hydrogens is 360 g/mol. The van der Waals surface area contributed by atoms with E-state index in [4.69, 9.17) is 9.47 Å². The molecular formula is C21H32N2O5. The first-order valence-electron chi connectivity index (χ1n) is 10.1. The van der Waals surface area contributed by atoms with Crippen molar-refractivity contribution in [3.05, 3.63) is 12.2 Å².